The van der Waals surface area contributed by atoms with Crippen LogP contribution in [0.5, 0.6) is 0 Å². The van der Waals surface area contributed by atoms with Gasteiger partial charge in [-0.15, -0.1) is 0 Å². The molecule has 0 spiro atoms. The van der Waals surface area contributed by atoms with Gasteiger partial charge in [-0.1, -0.05) is 17.7 Å². The van der Waals surface area contributed by atoms with E-state index in [9.17, 15) is 4.39 Å². The number of nitriles is 1. The maximum atomic E-state index is 13.2. The van der Waals surface area contributed by atoms with E-state index in [2.05, 4.69) is 0 Å². The van der Waals surface area contributed by atoms with Crippen LogP contribution in [-0.2, 0) is 0 Å². The summed E-state index contributed by atoms with van der Waals surface area (Å²) < 4.78 is 13.2. The van der Waals surface area contributed by atoms with E-state index < -0.39 is 11.9 Å². The molecule has 0 aliphatic rings. The van der Waals surface area contributed by atoms with Crippen molar-refractivity contribution in [3.63, 3.8) is 0 Å². The van der Waals surface area contributed by atoms with Crippen molar-refractivity contribution in [2.75, 3.05) is 0 Å². The lowest BCUT2D eigenvalue weighted by Crippen LogP contribution is -2.11. The minimum Gasteiger partial charge on any atom is -0.323 e. The van der Waals surface area contributed by atoms with Gasteiger partial charge < -0.3 is 5.73 Å². The lowest BCUT2D eigenvalue weighted by molar-refractivity contribution is 0.585. The summed E-state index contributed by atoms with van der Waals surface area (Å²) in [7, 11) is 0. The number of nitrogens with zero attached hydrogens (tertiary/aromatic N) is 1. The number of hydrogen-bond acceptors (Lipinski definition) is 2. The summed E-state index contributed by atoms with van der Waals surface area (Å²) in [6.45, 7) is 0. The Kier molecular flexibility index (Phi) is 3.24. The molecule has 0 aromatic heterocycles. The van der Waals surface area contributed by atoms with Gasteiger partial charge in [0.1, 0.15) is 5.82 Å². The van der Waals surface area contributed by atoms with Gasteiger partial charge in [-0.3, -0.25) is 0 Å². The highest BCUT2D eigenvalue weighted by atomic mass is 35.5. The third-order valence-electron chi connectivity index (χ3n) is 1.67. The average molecular weight is 199 g/mol. The van der Waals surface area contributed by atoms with Crippen molar-refractivity contribution in [1.29, 1.82) is 5.26 Å². The highest BCUT2D eigenvalue weighted by molar-refractivity contribution is 6.30. The molecule has 1 aromatic rings. The van der Waals surface area contributed by atoms with Crippen LogP contribution in [0.4, 0.5) is 4.39 Å². The summed E-state index contributed by atoms with van der Waals surface area (Å²) in [6.07, 6.45) is 0.0958. The molecular weight excluding hydrogens is 191 g/mol. The predicted octanol–water partition coefficient (Wildman–Crippen LogP) is 2.39. The molecular formula is C9H8ClFN2. The van der Waals surface area contributed by atoms with Crippen molar-refractivity contribution in [2.45, 2.75) is 12.5 Å². The van der Waals surface area contributed by atoms with Crippen molar-refractivity contribution in [2.24, 2.45) is 5.73 Å². The van der Waals surface area contributed by atoms with E-state index in [-0.39, 0.29) is 6.42 Å². The zero-order valence-corrected chi connectivity index (χ0v) is 7.55. The summed E-state index contributed by atoms with van der Waals surface area (Å²) in [5, 5.41) is 8.69. The molecule has 2 N–H and O–H groups in total. The lowest BCUT2D eigenvalue weighted by Gasteiger charge is -2.08. The second-order valence-corrected chi connectivity index (χ2v) is 3.07. The summed E-state index contributed by atoms with van der Waals surface area (Å²) in [6, 6.07) is 5.54. The molecule has 0 aliphatic heterocycles. The molecule has 0 bridgehead atoms. The Morgan fingerprint density at radius 2 is 2.31 bits per heavy atom. The maximum Gasteiger partial charge on any atom is 0.129 e. The third-order valence-corrected chi connectivity index (χ3v) is 1.91. The fraction of sp³-hybridized carbons (Fsp3) is 0.222. The Morgan fingerprint density at radius 3 is 2.85 bits per heavy atom. The zero-order chi connectivity index (χ0) is 9.84. The standard InChI is InChI=1S/C9H8ClFN2/c10-6-1-2-7(8(11)5-6)9(13)3-4-12/h1-2,5,9H,3,13H2/t9-/m1/s1. The molecule has 0 saturated carbocycles. The van der Waals surface area contributed by atoms with Crippen molar-refractivity contribution >= 4 is 11.6 Å². The molecule has 0 aliphatic carbocycles. The maximum absolute atomic E-state index is 13.2. The molecule has 4 heteroatoms. The van der Waals surface area contributed by atoms with Gasteiger partial charge in [-0.2, -0.15) is 5.26 Å². The molecule has 0 radical (unpaired) electrons. The second kappa shape index (κ2) is 4.22. The van der Waals surface area contributed by atoms with Gasteiger partial charge >= 0.3 is 0 Å². The van der Waals surface area contributed by atoms with Gasteiger partial charge in [-0.25, -0.2) is 4.39 Å². The third kappa shape index (κ3) is 2.41. The van der Waals surface area contributed by atoms with Crippen molar-refractivity contribution in [3.8, 4) is 6.07 Å². The van der Waals surface area contributed by atoms with Crippen LogP contribution in [0.25, 0.3) is 0 Å². The number of benzene rings is 1. The smallest absolute Gasteiger partial charge is 0.129 e. The van der Waals surface area contributed by atoms with Crippen LogP contribution < -0.4 is 5.73 Å². The molecule has 2 nitrogen and oxygen atoms in total. The first-order valence-corrected chi connectivity index (χ1v) is 4.10. The highest BCUT2D eigenvalue weighted by Gasteiger charge is 2.10. The molecule has 13 heavy (non-hydrogen) atoms. The van der Waals surface area contributed by atoms with E-state index in [1.165, 1.54) is 12.1 Å². The molecule has 0 heterocycles. The summed E-state index contributed by atoms with van der Waals surface area (Å²) in [5.74, 6) is -0.463. The van der Waals surface area contributed by atoms with Crippen LogP contribution in [0.2, 0.25) is 5.02 Å². The van der Waals surface area contributed by atoms with Gasteiger partial charge in [0.15, 0.2) is 0 Å². The van der Waals surface area contributed by atoms with E-state index in [1.54, 1.807) is 6.07 Å². The minimum absolute atomic E-state index is 0.0958. The Balaban J connectivity index is 2.96. The van der Waals surface area contributed by atoms with Crippen LogP contribution in [0, 0.1) is 17.1 Å². The van der Waals surface area contributed by atoms with Crippen LogP contribution >= 0.6 is 11.6 Å². The van der Waals surface area contributed by atoms with Gasteiger partial charge in [0.25, 0.3) is 0 Å². The van der Waals surface area contributed by atoms with Gasteiger partial charge in [0.05, 0.1) is 12.5 Å². The summed E-state index contributed by atoms with van der Waals surface area (Å²) in [4.78, 5) is 0. The first-order valence-electron chi connectivity index (χ1n) is 3.72. The number of nitrogens with two attached hydrogens (primary N) is 1. The Bertz CT molecular complexity index is 346. The minimum atomic E-state index is -0.581. The second-order valence-electron chi connectivity index (χ2n) is 2.63. The molecule has 0 saturated heterocycles. The van der Waals surface area contributed by atoms with Crippen molar-refractivity contribution in [3.05, 3.63) is 34.6 Å². The number of hydrogen-bond donors (Lipinski definition) is 1. The fourth-order valence-corrected chi connectivity index (χ4v) is 1.17. The van der Waals surface area contributed by atoms with E-state index >= 15 is 0 Å². The van der Waals surface area contributed by atoms with Crippen LogP contribution in [0.3, 0.4) is 0 Å². The number of halogens is 2. The molecule has 68 valence electrons. The fourth-order valence-electron chi connectivity index (χ4n) is 1.01. The summed E-state index contributed by atoms with van der Waals surface area (Å²) >= 11 is 5.55. The normalized spacial score (nSPS) is 12.2. The zero-order valence-electron chi connectivity index (χ0n) is 6.80. The Labute approximate surface area is 80.7 Å². The monoisotopic (exact) mass is 198 g/mol. The van der Waals surface area contributed by atoms with Crippen LogP contribution in [0.15, 0.2) is 18.2 Å². The van der Waals surface area contributed by atoms with Crippen LogP contribution in [0.1, 0.15) is 18.0 Å². The molecule has 0 fully saturated rings. The topological polar surface area (TPSA) is 49.8 Å². The first-order chi connectivity index (χ1) is 6.15. The van der Waals surface area contributed by atoms with E-state index in [1.807, 2.05) is 6.07 Å². The average Bonchev–Trinajstić information content (AvgIpc) is 2.04. The SMILES string of the molecule is N#CC[C@@H](N)c1ccc(Cl)cc1F. The lowest BCUT2D eigenvalue weighted by atomic mass is 10.1. The Morgan fingerprint density at radius 1 is 1.62 bits per heavy atom. The predicted molar refractivity (Wildman–Crippen MR) is 48.6 cm³/mol. The quantitative estimate of drug-likeness (QED) is 0.793. The molecule has 1 aromatic carbocycles. The van der Waals surface area contributed by atoms with Gasteiger partial charge in [0.2, 0.25) is 0 Å². The highest BCUT2D eigenvalue weighted by Crippen LogP contribution is 2.20. The van der Waals surface area contributed by atoms with Crippen LogP contribution in [-0.4, -0.2) is 0 Å². The molecule has 1 atom stereocenters. The molecule has 0 unspecified atom stereocenters. The van der Waals surface area contributed by atoms with E-state index in [0.717, 1.165) is 0 Å². The Hall–Kier alpha value is -1.11. The molecule has 1 rings (SSSR count). The van der Waals surface area contributed by atoms with Gasteiger partial charge in [-0.05, 0) is 12.1 Å². The van der Waals surface area contributed by atoms with E-state index in [4.69, 9.17) is 22.6 Å². The van der Waals surface area contributed by atoms with Gasteiger partial charge in [0, 0.05) is 16.6 Å². The van der Waals surface area contributed by atoms with Crippen molar-refractivity contribution in [1.82, 2.24) is 0 Å². The molecule has 0 amide bonds. The summed E-state index contributed by atoms with van der Waals surface area (Å²) in [5.41, 5.74) is 5.88. The largest absolute Gasteiger partial charge is 0.323 e. The van der Waals surface area contributed by atoms with Crippen molar-refractivity contribution < 1.29 is 4.39 Å². The number of rotatable bonds is 2. The van der Waals surface area contributed by atoms with E-state index in [0.29, 0.717) is 10.6 Å². The first kappa shape index (κ1) is 9.97.